The fourth-order valence-electron chi connectivity index (χ4n) is 1.87. The summed E-state index contributed by atoms with van der Waals surface area (Å²) in [5, 5.41) is 0.254. The van der Waals surface area contributed by atoms with Gasteiger partial charge in [0.1, 0.15) is 11.5 Å². The summed E-state index contributed by atoms with van der Waals surface area (Å²) in [6.45, 7) is 0. The Morgan fingerprint density at radius 2 is 1.50 bits per heavy atom. The smallest absolute Gasteiger partial charge is 0.137 e. The van der Waals surface area contributed by atoms with Crippen molar-refractivity contribution < 1.29 is 9.47 Å². The van der Waals surface area contributed by atoms with Crippen LogP contribution in [-0.4, -0.2) is 14.2 Å². The van der Waals surface area contributed by atoms with Crippen LogP contribution >= 0.6 is 39.1 Å². The molecule has 0 aliphatic heterocycles. The van der Waals surface area contributed by atoms with Crippen molar-refractivity contribution >= 4 is 39.1 Å². The van der Waals surface area contributed by atoms with Gasteiger partial charge >= 0.3 is 0 Å². The molecule has 0 aliphatic rings. The topological polar surface area (TPSA) is 18.5 Å². The highest BCUT2D eigenvalue weighted by atomic mass is 79.9. The third-order valence-corrected chi connectivity index (χ3v) is 4.36. The number of alkyl halides is 1. The van der Waals surface area contributed by atoms with E-state index in [1.165, 1.54) is 0 Å². The molecule has 1 unspecified atom stereocenters. The van der Waals surface area contributed by atoms with E-state index in [0.717, 1.165) is 21.3 Å². The second kappa shape index (κ2) is 6.70. The molecule has 1 atom stereocenters. The Labute approximate surface area is 136 Å². The van der Waals surface area contributed by atoms with Gasteiger partial charge < -0.3 is 9.47 Å². The molecule has 0 saturated heterocycles. The minimum Gasteiger partial charge on any atom is -0.496 e. The molecule has 0 heterocycles. The number of ether oxygens (including phenoxy) is 2. The Kier molecular flexibility index (Phi) is 5.19. The Morgan fingerprint density at radius 1 is 0.950 bits per heavy atom. The zero-order chi connectivity index (χ0) is 14.7. The summed E-state index contributed by atoms with van der Waals surface area (Å²) in [7, 11) is 3.21. The first kappa shape index (κ1) is 15.5. The van der Waals surface area contributed by atoms with Gasteiger partial charge in [-0.25, -0.2) is 0 Å². The van der Waals surface area contributed by atoms with Crippen LogP contribution in [0.2, 0.25) is 5.02 Å². The average molecular weight is 376 g/mol. The lowest BCUT2D eigenvalue weighted by Gasteiger charge is -2.13. The standard InChI is InChI=1S/C15H13BrCl2O2/c1-19-13-5-3-9(7-11(13)16)15(18)10-4-6-14(20-2)12(17)8-10/h3-8,15H,1-2H3. The molecular formula is C15H13BrCl2O2. The highest BCUT2D eigenvalue weighted by molar-refractivity contribution is 9.10. The SMILES string of the molecule is COc1ccc(C(Cl)c2ccc(OC)c(Br)c2)cc1Cl. The number of halogens is 3. The molecule has 106 valence electrons. The van der Waals surface area contributed by atoms with Crippen LogP contribution in [0.1, 0.15) is 16.5 Å². The van der Waals surface area contributed by atoms with Gasteiger partial charge in [-0.05, 0) is 51.3 Å². The molecule has 0 bridgehead atoms. The van der Waals surface area contributed by atoms with E-state index in [9.17, 15) is 0 Å². The quantitative estimate of drug-likeness (QED) is 0.661. The molecule has 2 aromatic carbocycles. The van der Waals surface area contributed by atoms with Gasteiger partial charge in [0.15, 0.2) is 0 Å². The van der Waals surface area contributed by atoms with Gasteiger partial charge in [-0.2, -0.15) is 0 Å². The zero-order valence-corrected chi connectivity index (χ0v) is 14.1. The number of benzene rings is 2. The minimum absolute atomic E-state index is 0.291. The summed E-state index contributed by atoms with van der Waals surface area (Å²) in [6.07, 6.45) is 0. The Hall–Kier alpha value is -0.900. The predicted molar refractivity (Wildman–Crippen MR) is 86.4 cm³/mol. The minimum atomic E-state index is -0.291. The molecule has 0 aromatic heterocycles. The molecule has 0 amide bonds. The summed E-state index contributed by atoms with van der Waals surface area (Å²) < 4.78 is 11.2. The lowest BCUT2D eigenvalue weighted by Crippen LogP contribution is -1.95. The van der Waals surface area contributed by atoms with Gasteiger partial charge in [0, 0.05) is 0 Å². The van der Waals surface area contributed by atoms with Crippen molar-refractivity contribution in [3.63, 3.8) is 0 Å². The summed E-state index contributed by atoms with van der Waals surface area (Å²) in [5.74, 6) is 1.40. The fraction of sp³-hybridized carbons (Fsp3) is 0.200. The largest absolute Gasteiger partial charge is 0.496 e. The third kappa shape index (κ3) is 3.22. The Balaban J connectivity index is 2.33. The third-order valence-electron chi connectivity index (χ3n) is 2.94. The van der Waals surface area contributed by atoms with Crippen molar-refractivity contribution in [1.82, 2.24) is 0 Å². The normalized spacial score (nSPS) is 12.1. The molecule has 0 N–H and O–H groups in total. The van der Waals surface area contributed by atoms with E-state index < -0.39 is 0 Å². The van der Waals surface area contributed by atoms with Crippen LogP contribution in [0.15, 0.2) is 40.9 Å². The number of hydrogen-bond donors (Lipinski definition) is 0. The van der Waals surface area contributed by atoms with Crippen LogP contribution in [0, 0.1) is 0 Å². The van der Waals surface area contributed by atoms with E-state index in [0.29, 0.717) is 10.8 Å². The molecule has 0 spiro atoms. The molecule has 5 heteroatoms. The van der Waals surface area contributed by atoms with Crippen LogP contribution in [0.4, 0.5) is 0 Å². The maximum absolute atomic E-state index is 6.51. The van der Waals surface area contributed by atoms with Gasteiger partial charge in [-0.15, -0.1) is 11.6 Å². The molecule has 2 nitrogen and oxygen atoms in total. The Morgan fingerprint density at radius 3 is 2.00 bits per heavy atom. The predicted octanol–water partition coefficient (Wildman–Crippen LogP) is 5.45. The molecule has 20 heavy (non-hydrogen) atoms. The molecule has 0 radical (unpaired) electrons. The molecule has 2 rings (SSSR count). The highest BCUT2D eigenvalue weighted by Gasteiger charge is 2.14. The number of methoxy groups -OCH3 is 2. The Bertz CT molecular complexity index is 563. The lowest BCUT2D eigenvalue weighted by atomic mass is 10.0. The zero-order valence-electron chi connectivity index (χ0n) is 11.0. The van der Waals surface area contributed by atoms with Gasteiger partial charge in [0.05, 0.1) is 29.1 Å². The average Bonchev–Trinajstić information content (AvgIpc) is 2.46. The van der Waals surface area contributed by atoms with Crippen molar-refractivity contribution in [2.75, 3.05) is 14.2 Å². The van der Waals surface area contributed by atoms with Gasteiger partial charge in [0.2, 0.25) is 0 Å². The summed E-state index contributed by atoms with van der Waals surface area (Å²) in [4.78, 5) is 0. The van der Waals surface area contributed by atoms with Gasteiger partial charge in [0.25, 0.3) is 0 Å². The van der Waals surface area contributed by atoms with Gasteiger partial charge in [-0.1, -0.05) is 23.7 Å². The first-order chi connectivity index (χ1) is 9.56. The first-order valence-corrected chi connectivity index (χ1v) is 7.48. The van der Waals surface area contributed by atoms with Crippen molar-refractivity contribution in [3.05, 3.63) is 57.0 Å². The monoisotopic (exact) mass is 374 g/mol. The fourth-order valence-corrected chi connectivity index (χ4v) is 2.97. The summed E-state index contributed by atoms with van der Waals surface area (Å²) in [5.41, 5.74) is 1.87. The van der Waals surface area contributed by atoms with E-state index in [1.807, 2.05) is 36.4 Å². The lowest BCUT2D eigenvalue weighted by molar-refractivity contribution is 0.412. The number of hydrogen-bond acceptors (Lipinski definition) is 2. The van der Waals surface area contributed by atoms with Crippen LogP contribution in [0.5, 0.6) is 11.5 Å². The first-order valence-electron chi connectivity index (χ1n) is 5.87. The maximum atomic E-state index is 6.51. The molecule has 0 fully saturated rings. The highest BCUT2D eigenvalue weighted by Crippen LogP contribution is 2.36. The summed E-state index contributed by atoms with van der Waals surface area (Å²) >= 11 is 16.1. The molecule has 2 aromatic rings. The van der Waals surface area contributed by atoms with E-state index in [4.69, 9.17) is 32.7 Å². The van der Waals surface area contributed by atoms with Crippen LogP contribution in [-0.2, 0) is 0 Å². The molecular weight excluding hydrogens is 363 g/mol. The van der Waals surface area contributed by atoms with E-state index in [2.05, 4.69) is 15.9 Å². The summed E-state index contributed by atoms with van der Waals surface area (Å²) in [6, 6.07) is 11.3. The van der Waals surface area contributed by atoms with Crippen LogP contribution in [0.3, 0.4) is 0 Å². The van der Waals surface area contributed by atoms with E-state index >= 15 is 0 Å². The molecule has 0 aliphatic carbocycles. The van der Waals surface area contributed by atoms with E-state index in [1.54, 1.807) is 14.2 Å². The second-order valence-electron chi connectivity index (χ2n) is 4.15. The van der Waals surface area contributed by atoms with Crippen molar-refractivity contribution in [1.29, 1.82) is 0 Å². The molecule has 0 saturated carbocycles. The van der Waals surface area contributed by atoms with Crippen molar-refractivity contribution in [3.8, 4) is 11.5 Å². The van der Waals surface area contributed by atoms with Crippen molar-refractivity contribution in [2.24, 2.45) is 0 Å². The van der Waals surface area contributed by atoms with Crippen molar-refractivity contribution in [2.45, 2.75) is 5.38 Å². The second-order valence-corrected chi connectivity index (χ2v) is 5.85. The van der Waals surface area contributed by atoms with E-state index in [-0.39, 0.29) is 5.38 Å². The van der Waals surface area contributed by atoms with Gasteiger partial charge in [-0.3, -0.25) is 0 Å². The maximum Gasteiger partial charge on any atom is 0.137 e. The number of rotatable bonds is 4. The van der Waals surface area contributed by atoms with Crippen LogP contribution < -0.4 is 9.47 Å². The van der Waals surface area contributed by atoms with Crippen LogP contribution in [0.25, 0.3) is 0 Å².